The number of carbonyl (C=O) groups excluding carboxylic acids is 1. The fourth-order valence-corrected chi connectivity index (χ4v) is 3.39. The van der Waals surface area contributed by atoms with Crippen molar-refractivity contribution in [1.82, 2.24) is 10.2 Å². The normalized spacial score (nSPS) is 20.9. The average molecular weight is 353 g/mol. The molecule has 3 rings (SSSR count). The van der Waals surface area contributed by atoms with Gasteiger partial charge in [-0.2, -0.15) is 0 Å². The summed E-state index contributed by atoms with van der Waals surface area (Å²) in [6.07, 6.45) is 7.21. The first-order valence-electron chi connectivity index (χ1n) is 8.92. The summed E-state index contributed by atoms with van der Waals surface area (Å²) >= 11 is 0. The summed E-state index contributed by atoms with van der Waals surface area (Å²) in [5.41, 5.74) is 1.23. The maximum atomic E-state index is 12.7. The van der Waals surface area contributed by atoms with Gasteiger partial charge in [-0.3, -0.25) is 4.79 Å². The van der Waals surface area contributed by atoms with Crippen molar-refractivity contribution in [2.75, 3.05) is 26.7 Å². The Hall–Kier alpha value is -1.26. The third-order valence-corrected chi connectivity index (χ3v) is 4.98. The standard InChI is InChI=1S/C19H28N2O2.ClH/c1-23-17-10-8-16(9-11-17)18-5-3-2-4-12-21(18)19(22)14-20-13-15-6-7-15;/h8-11,15,18,20H,2-7,12-14H2,1H3;1H. The fourth-order valence-electron chi connectivity index (χ4n) is 3.39. The van der Waals surface area contributed by atoms with Crippen LogP contribution in [0.1, 0.15) is 50.1 Å². The molecule has 24 heavy (non-hydrogen) atoms. The van der Waals surface area contributed by atoms with Crippen LogP contribution in [0.5, 0.6) is 5.75 Å². The molecular weight excluding hydrogens is 324 g/mol. The molecule has 1 N–H and O–H groups in total. The van der Waals surface area contributed by atoms with Crippen LogP contribution < -0.4 is 10.1 Å². The molecule has 2 fully saturated rings. The van der Waals surface area contributed by atoms with Gasteiger partial charge in [-0.25, -0.2) is 0 Å². The van der Waals surface area contributed by atoms with Crippen LogP contribution in [-0.2, 0) is 4.79 Å². The summed E-state index contributed by atoms with van der Waals surface area (Å²) in [5, 5.41) is 3.34. The van der Waals surface area contributed by atoms with Gasteiger partial charge in [0.2, 0.25) is 5.91 Å². The van der Waals surface area contributed by atoms with E-state index in [-0.39, 0.29) is 24.4 Å². The second-order valence-corrected chi connectivity index (χ2v) is 6.80. The Morgan fingerprint density at radius 1 is 1.17 bits per heavy atom. The van der Waals surface area contributed by atoms with E-state index in [1.165, 1.54) is 31.2 Å². The topological polar surface area (TPSA) is 41.6 Å². The van der Waals surface area contributed by atoms with Crippen LogP contribution >= 0.6 is 12.4 Å². The van der Waals surface area contributed by atoms with Crippen LogP contribution in [0, 0.1) is 5.92 Å². The predicted octanol–water partition coefficient (Wildman–Crippen LogP) is 3.56. The van der Waals surface area contributed by atoms with Crippen LogP contribution in [0.3, 0.4) is 0 Å². The summed E-state index contributed by atoms with van der Waals surface area (Å²) in [5.74, 6) is 1.92. The number of likely N-dealkylation sites (tertiary alicyclic amines) is 1. The zero-order valence-electron chi connectivity index (χ0n) is 14.5. The van der Waals surface area contributed by atoms with Gasteiger partial charge in [0.15, 0.2) is 0 Å². The maximum absolute atomic E-state index is 12.7. The van der Waals surface area contributed by atoms with E-state index in [1.807, 2.05) is 12.1 Å². The van der Waals surface area contributed by atoms with Crippen LogP contribution in [0.4, 0.5) is 0 Å². The molecule has 0 radical (unpaired) electrons. The number of hydrogen-bond acceptors (Lipinski definition) is 3. The van der Waals surface area contributed by atoms with Gasteiger partial charge in [-0.15, -0.1) is 12.4 Å². The summed E-state index contributed by atoms with van der Waals surface area (Å²) in [6, 6.07) is 8.40. The molecule has 134 valence electrons. The highest BCUT2D eigenvalue weighted by molar-refractivity contribution is 5.85. The fraction of sp³-hybridized carbons (Fsp3) is 0.632. The van der Waals surface area contributed by atoms with E-state index in [1.54, 1.807) is 7.11 Å². The summed E-state index contributed by atoms with van der Waals surface area (Å²) in [6.45, 7) is 2.34. The van der Waals surface area contributed by atoms with E-state index in [2.05, 4.69) is 22.3 Å². The minimum atomic E-state index is 0. The molecule has 5 heteroatoms. The monoisotopic (exact) mass is 352 g/mol. The third-order valence-electron chi connectivity index (χ3n) is 4.98. The number of nitrogens with one attached hydrogen (secondary N) is 1. The van der Waals surface area contributed by atoms with Gasteiger partial charge in [0.25, 0.3) is 0 Å². The molecule has 2 aliphatic rings. The lowest BCUT2D eigenvalue weighted by molar-refractivity contribution is -0.132. The Kier molecular flexibility index (Phi) is 7.38. The van der Waals surface area contributed by atoms with Crippen molar-refractivity contribution in [1.29, 1.82) is 0 Å². The van der Waals surface area contributed by atoms with E-state index in [4.69, 9.17) is 4.74 Å². The average Bonchev–Trinajstić information content (AvgIpc) is 3.41. The molecule has 1 heterocycles. The van der Waals surface area contributed by atoms with E-state index >= 15 is 0 Å². The zero-order valence-corrected chi connectivity index (χ0v) is 15.3. The van der Waals surface area contributed by atoms with Crippen molar-refractivity contribution in [2.45, 2.75) is 44.6 Å². The van der Waals surface area contributed by atoms with Gasteiger partial charge in [0.05, 0.1) is 19.7 Å². The van der Waals surface area contributed by atoms with E-state index in [0.29, 0.717) is 6.54 Å². The predicted molar refractivity (Wildman–Crippen MR) is 98.8 cm³/mol. The number of rotatable bonds is 6. The van der Waals surface area contributed by atoms with Crippen molar-refractivity contribution in [3.63, 3.8) is 0 Å². The summed E-state index contributed by atoms with van der Waals surface area (Å²) < 4.78 is 5.25. The second-order valence-electron chi connectivity index (χ2n) is 6.80. The quantitative estimate of drug-likeness (QED) is 0.851. The number of halogens is 1. The van der Waals surface area contributed by atoms with Crippen LogP contribution in [-0.4, -0.2) is 37.6 Å². The lowest BCUT2D eigenvalue weighted by Crippen LogP contribution is -2.41. The zero-order chi connectivity index (χ0) is 16.1. The first-order chi connectivity index (χ1) is 11.3. The van der Waals surface area contributed by atoms with Crippen LogP contribution in [0.25, 0.3) is 0 Å². The molecule has 1 unspecified atom stereocenters. The molecule has 1 aromatic rings. The summed E-state index contributed by atoms with van der Waals surface area (Å²) in [7, 11) is 1.68. The largest absolute Gasteiger partial charge is 0.497 e. The van der Waals surface area contributed by atoms with Gasteiger partial charge < -0.3 is 15.0 Å². The lowest BCUT2D eigenvalue weighted by atomic mass is 10.0. The molecule has 4 nitrogen and oxygen atoms in total. The number of carbonyl (C=O) groups is 1. The molecule has 1 aliphatic carbocycles. The van der Waals surface area contributed by atoms with Gasteiger partial charge in [-0.1, -0.05) is 25.0 Å². The number of benzene rings is 1. The molecular formula is C19H29ClN2O2. The highest BCUT2D eigenvalue weighted by Gasteiger charge is 2.27. The van der Waals surface area contributed by atoms with Gasteiger partial charge in [0.1, 0.15) is 5.75 Å². The third kappa shape index (κ3) is 5.12. The Morgan fingerprint density at radius 2 is 1.92 bits per heavy atom. The Labute approximate surface area is 151 Å². The van der Waals surface area contributed by atoms with Gasteiger partial charge >= 0.3 is 0 Å². The van der Waals surface area contributed by atoms with E-state index in [0.717, 1.165) is 37.6 Å². The van der Waals surface area contributed by atoms with Crippen LogP contribution in [0.2, 0.25) is 0 Å². The Bertz CT molecular complexity index is 517. The van der Waals surface area contributed by atoms with Crippen molar-refractivity contribution in [2.24, 2.45) is 5.92 Å². The first-order valence-corrected chi connectivity index (χ1v) is 8.92. The smallest absolute Gasteiger partial charge is 0.237 e. The van der Waals surface area contributed by atoms with Gasteiger partial charge in [0, 0.05) is 6.54 Å². The van der Waals surface area contributed by atoms with Gasteiger partial charge in [-0.05, 0) is 55.8 Å². The van der Waals surface area contributed by atoms with Crippen molar-refractivity contribution < 1.29 is 9.53 Å². The number of hydrogen-bond donors (Lipinski definition) is 1. The molecule has 1 amide bonds. The molecule has 1 saturated carbocycles. The van der Waals surface area contributed by atoms with Crippen molar-refractivity contribution >= 4 is 18.3 Å². The Balaban J connectivity index is 0.00000208. The molecule has 1 saturated heterocycles. The van der Waals surface area contributed by atoms with Crippen molar-refractivity contribution in [3.8, 4) is 5.75 Å². The SMILES string of the molecule is COc1ccc(C2CCCCCN2C(=O)CNCC2CC2)cc1.Cl. The number of amides is 1. The minimum absolute atomic E-state index is 0. The molecule has 1 atom stereocenters. The second kappa shape index (κ2) is 9.28. The number of ether oxygens (including phenoxy) is 1. The molecule has 0 bridgehead atoms. The Morgan fingerprint density at radius 3 is 2.58 bits per heavy atom. The van der Waals surface area contributed by atoms with E-state index < -0.39 is 0 Å². The van der Waals surface area contributed by atoms with E-state index in [9.17, 15) is 4.79 Å². The molecule has 1 aromatic carbocycles. The molecule has 0 spiro atoms. The van der Waals surface area contributed by atoms with Crippen molar-refractivity contribution in [3.05, 3.63) is 29.8 Å². The van der Waals surface area contributed by atoms with Crippen LogP contribution in [0.15, 0.2) is 24.3 Å². The molecule has 0 aromatic heterocycles. The highest BCUT2D eigenvalue weighted by atomic mass is 35.5. The minimum Gasteiger partial charge on any atom is -0.497 e. The highest BCUT2D eigenvalue weighted by Crippen LogP contribution is 2.31. The summed E-state index contributed by atoms with van der Waals surface area (Å²) in [4.78, 5) is 14.8. The first kappa shape index (κ1) is 19.1. The maximum Gasteiger partial charge on any atom is 0.237 e. The number of nitrogens with zero attached hydrogens (tertiary/aromatic N) is 1. The molecule has 1 aliphatic heterocycles. The lowest BCUT2D eigenvalue weighted by Gasteiger charge is -2.31. The number of methoxy groups -OCH3 is 1.